The first-order chi connectivity index (χ1) is 9.01. The molecule has 1 saturated heterocycles. The molecule has 0 aromatic heterocycles. The van der Waals surface area contributed by atoms with Crippen LogP contribution in [0.4, 0.5) is 0 Å². The smallest absolute Gasteiger partial charge is 0.0588 e. The molecule has 1 aliphatic heterocycles. The van der Waals surface area contributed by atoms with Crippen LogP contribution in [0, 0.1) is 17.3 Å². The third-order valence-corrected chi connectivity index (χ3v) is 5.77. The van der Waals surface area contributed by atoms with E-state index in [1.165, 1.54) is 32.1 Å². The van der Waals surface area contributed by atoms with E-state index in [0.29, 0.717) is 23.5 Å². The molecule has 0 aromatic carbocycles. The van der Waals surface area contributed by atoms with Gasteiger partial charge in [0.25, 0.3) is 0 Å². The van der Waals surface area contributed by atoms with Gasteiger partial charge >= 0.3 is 0 Å². The topological polar surface area (TPSA) is 47.3 Å². The van der Waals surface area contributed by atoms with E-state index >= 15 is 0 Å². The SMILES string of the molecule is CC1C(N)CCC(CNCCC2CCCO2)C1(C)C. The molecule has 1 saturated carbocycles. The average Bonchev–Trinajstić information content (AvgIpc) is 2.87. The zero-order chi connectivity index (χ0) is 13.9. The predicted octanol–water partition coefficient (Wildman–Crippen LogP) is 2.54. The Labute approximate surface area is 118 Å². The van der Waals surface area contributed by atoms with E-state index < -0.39 is 0 Å². The molecule has 4 unspecified atom stereocenters. The van der Waals surface area contributed by atoms with Crippen LogP contribution in [-0.2, 0) is 4.74 Å². The van der Waals surface area contributed by atoms with E-state index in [4.69, 9.17) is 10.5 Å². The molecule has 0 amide bonds. The molecule has 4 atom stereocenters. The molecule has 0 radical (unpaired) electrons. The van der Waals surface area contributed by atoms with Crippen LogP contribution in [0.15, 0.2) is 0 Å². The lowest BCUT2D eigenvalue weighted by molar-refractivity contribution is 0.0527. The van der Waals surface area contributed by atoms with E-state index in [1.54, 1.807) is 0 Å². The Balaban J connectivity index is 1.69. The molecule has 112 valence electrons. The number of rotatable bonds is 5. The van der Waals surface area contributed by atoms with Gasteiger partial charge in [-0.1, -0.05) is 20.8 Å². The van der Waals surface area contributed by atoms with Crippen molar-refractivity contribution in [1.82, 2.24) is 5.32 Å². The second-order valence-electron chi connectivity index (χ2n) is 7.18. The van der Waals surface area contributed by atoms with E-state index in [9.17, 15) is 0 Å². The molecule has 2 aliphatic rings. The third kappa shape index (κ3) is 3.71. The molecular weight excluding hydrogens is 236 g/mol. The van der Waals surface area contributed by atoms with Gasteiger partial charge in [0.2, 0.25) is 0 Å². The van der Waals surface area contributed by atoms with Crippen LogP contribution in [0.5, 0.6) is 0 Å². The van der Waals surface area contributed by atoms with Crippen molar-refractivity contribution in [3.05, 3.63) is 0 Å². The number of ether oxygens (including phenoxy) is 1. The standard InChI is InChI=1S/C16H32N2O/c1-12-15(17)7-6-13(16(12,2)3)11-18-9-8-14-5-4-10-19-14/h12-15,18H,4-11,17H2,1-3H3. The van der Waals surface area contributed by atoms with Gasteiger partial charge in [-0.2, -0.15) is 0 Å². The molecule has 3 nitrogen and oxygen atoms in total. The summed E-state index contributed by atoms with van der Waals surface area (Å²) < 4.78 is 5.66. The molecule has 0 bridgehead atoms. The van der Waals surface area contributed by atoms with Crippen molar-refractivity contribution in [3.63, 3.8) is 0 Å². The van der Waals surface area contributed by atoms with Crippen molar-refractivity contribution in [2.75, 3.05) is 19.7 Å². The lowest BCUT2D eigenvalue weighted by atomic mass is 9.61. The van der Waals surface area contributed by atoms with Crippen LogP contribution >= 0.6 is 0 Å². The Morgan fingerprint density at radius 2 is 2.05 bits per heavy atom. The van der Waals surface area contributed by atoms with Gasteiger partial charge in [-0.25, -0.2) is 0 Å². The van der Waals surface area contributed by atoms with Gasteiger partial charge in [0.05, 0.1) is 6.10 Å². The minimum atomic E-state index is 0.356. The summed E-state index contributed by atoms with van der Waals surface area (Å²) in [6.45, 7) is 10.3. The van der Waals surface area contributed by atoms with Gasteiger partial charge in [0.1, 0.15) is 0 Å². The normalized spacial score (nSPS) is 38.5. The van der Waals surface area contributed by atoms with Crippen molar-refractivity contribution in [2.45, 2.75) is 65.0 Å². The first-order valence-corrected chi connectivity index (χ1v) is 8.09. The van der Waals surface area contributed by atoms with Crippen LogP contribution < -0.4 is 11.1 Å². The number of nitrogens with one attached hydrogen (secondary N) is 1. The van der Waals surface area contributed by atoms with Gasteiger partial charge in [-0.05, 0) is 62.4 Å². The highest BCUT2D eigenvalue weighted by atomic mass is 16.5. The lowest BCUT2D eigenvalue weighted by Gasteiger charge is -2.47. The highest BCUT2D eigenvalue weighted by Gasteiger charge is 2.41. The molecule has 1 aliphatic carbocycles. The highest BCUT2D eigenvalue weighted by molar-refractivity contribution is 4.94. The number of hydrogen-bond donors (Lipinski definition) is 2. The molecule has 0 spiro atoms. The third-order valence-electron chi connectivity index (χ3n) is 5.77. The van der Waals surface area contributed by atoms with Crippen LogP contribution in [0.25, 0.3) is 0 Å². The summed E-state index contributed by atoms with van der Waals surface area (Å²) in [5.41, 5.74) is 6.57. The average molecular weight is 268 g/mol. The first kappa shape index (κ1) is 15.3. The minimum absolute atomic E-state index is 0.356. The summed E-state index contributed by atoms with van der Waals surface area (Å²) in [7, 11) is 0. The molecule has 19 heavy (non-hydrogen) atoms. The maximum Gasteiger partial charge on any atom is 0.0588 e. The van der Waals surface area contributed by atoms with Gasteiger partial charge < -0.3 is 15.8 Å². The lowest BCUT2D eigenvalue weighted by Crippen LogP contribution is -2.49. The van der Waals surface area contributed by atoms with E-state index in [-0.39, 0.29) is 0 Å². The van der Waals surface area contributed by atoms with Crippen molar-refractivity contribution >= 4 is 0 Å². The summed E-state index contributed by atoms with van der Waals surface area (Å²) in [6, 6.07) is 0.387. The molecule has 1 heterocycles. The van der Waals surface area contributed by atoms with E-state index in [1.807, 2.05) is 0 Å². The van der Waals surface area contributed by atoms with Crippen molar-refractivity contribution in [2.24, 2.45) is 23.0 Å². The molecular formula is C16H32N2O. The Bertz CT molecular complexity index is 274. The van der Waals surface area contributed by atoms with Crippen LogP contribution in [0.1, 0.15) is 52.9 Å². The Kier molecular flexibility index (Phi) is 5.27. The van der Waals surface area contributed by atoms with E-state index in [0.717, 1.165) is 25.6 Å². The monoisotopic (exact) mass is 268 g/mol. The molecule has 3 heteroatoms. The fourth-order valence-corrected chi connectivity index (χ4v) is 3.72. The summed E-state index contributed by atoms with van der Waals surface area (Å²) in [4.78, 5) is 0. The Morgan fingerprint density at radius 3 is 2.74 bits per heavy atom. The van der Waals surface area contributed by atoms with E-state index in [2.05, 4.69) is 26.1 Å². The fraction of sp³-hybridized carbons (Fsp3) is 1.00. The number of nitrogens with two attached hydrogens (primary N) is 1. The van der Waals surface area contributed by atoms with Crippen LogP contribution in [-0.4, -0.2) is 31.8 Å². The largest absolute Gasteiger partial charge is 0.378 e. The Morgan fingerprint density at radius 1 is 1.26 bits per heavy atom. The van der Waals surface area contributed by atoms with Crippen LogP contribution in [0.2, 0.25) is 0 Å². The van der Waals surface area contributed by atoms with Crippen molar-refractivity contribution in [3.8, 4) is 0 Å². The maximum absolute atomic E-state index is 6.22. The second-order valence-corrected chi connectivity index (χ2v) is 7.18. The molecule has 2 rings (SSSR count). The first-order valence-electron chi connectivity index (χ1n) is 8.09. The van der Waals surface area contributed by atoms with Gasteiger partial charge in [0, 0.05) is 12.6 Å². The summed E-state index contributed by atoms with van der Waals surface area (Å²) >= 11 is 0. The summed E-state index contributed by atoms with van der Waals surface area (Å²) in [5.74, 6) is 1.37. The zero-order valence-corrected chi connectivity index (χ0v) is 13.0. The second kappa shape index (κ2) is 6.55. The van der Waals surface area contributed by atoms with Crippen molar-refractivity contribution < 1.29 is 4.74 Å². The minimum Gasteiger partial charge on any atom is -0.378 e. The molecule has 3 N–H and O–H groups in total. The highest BCUT2D eigenvalue weighted by Crippen LogP contribution is 2.43. The van der Waals surface area contributed by atoms with Gasteiger partial charge in [-0.3, -0.25) is 0 Å². The zero-order valence-electron chi connectivity index (χ0n) is 13.0. The quantitative estimate of drug-likeness (QED) is 0.753. The van der Waals surface area contributed by atoms with Crippen LogP contribution in [0.3, 0.4) is 0 Å². The molecule has 2 fully saturated rings. The Hall–Kier alpha value is -0.120. The fourth-order valence-electron chi connectivity index (χ4n) is 3.72. The summed E-state index contributed by atoms with van der Waals surface area (Å²) in [5, 5.41) is 3.65. The molecule has 0 aromatic rings. The number of hydrogen-bond acceptors (Lipinski definition) is 3. The summed E-state index contributed by atoms with van der Waals surface area (Å²) in [6.07, 6.45) is 6.63. The predicted molar refractivity (Wildman–Crippen MR) is 80.1 cm³/mol. The van der Waals surface area contributed by atoms with Gasteiger partial charge in [0.15, 0.2) is 0 Å². The maximum atomic E-state index is 6.22. The van der Waals surface area contributed by atoms with Gasteiger partial charge in [-0.15, -0.1) is 0 Å². The van der Waals surface area contributed by atoms with Crippen molar-refractivity contribution in [1.29, 1.82) is 0 Å².